The fourth-order valence-electron chi connectivity index (χ4n) is 4.66. The molecule has 1 fully saturated rings. The second-order valence-corrected chi connectivity index (χ2v) is 10.00. The van der Waals surface area contributed by atoms with Crippen LogP contribution in [0.3, 0.4) is 0 Å². The van der Waals surface area contributed by atoms with E-state index < -0.39 is 29.5 Å². The predicted molar refractivity (Wildman–Crippen MR) is 136 cm³/mol. The van der Waals surface area contributed by atoms with E-state index in [1.54, 1.807) is 11.1 Å². The molecule has 1 aromatic carbocycles. The highest BCUT2D eigenvalue weighted by molar-refractivity contribution is 7.21. The molecule has 5 N–H and O–H groups in total. The molecule has 4 heterocycles. The normalized spacial score (nSPS) is 15.9. The number of piperidine rings is 1. The van der Waals surface area contributed by atoms with Gasteiger partial charge in [0.2, 0.25) is 0 Å². The number of benzene rings is 1. The molecule has 5 rings (SSSR count). The van der Waals surface area contributed by atoms with E-state index in [2.05, 4.69) is 15.3 Å². The minimum absolute atomic E-state index is 0.0475. The quantitative estimate of drug-likeness (QED) is 0.288. The van der Waals surface area contributed by atoms with Crippen LogP contribution in [0.5, 0.6) is 0 Å². The van der Waals surface area contributed by atoms with Crippen molar-refractivity contribution in [2.45, 2.75) is 31.2 Å². The lowest BCUT2D eigenvalue weighted by Gasteiger charge is -2.34. The average molecular weight is 532 g/mol. The molecular formula is C25H24F3N5O3S. The number of nitrogen functional groups attached to an aromatic ring is 1. The fraction of sp³-hybridized carbons (Fsp3) is 0.320. The number of aliphatic hydroxyl groups excluding tert-OH is 1. The molecule has 1 atom stereocenters. The van der Waals surface area contributed by atoms with Crippen LogP contribution in [-0.4, -0.2) is 51.8 Å². The van der Waals surface area contributed by atoms with E-state index in [-0.39, 0.29) is 27.0 Å². The predicted octanol–water partition coefficient (Wildman–Crippen LogP) is 4.44. The molecule has 37 heavy (non-hydrogen) atoms. The first kappa shape index (κ1) is 25.2. The van der Waals surface area contributed by atoms with Gasteiger partial charge in [0.25, 0.3) is 0 Å². The zero-order valence-corrected chi connectivity index (χ0v) is 20.3. The van der Waals surface area contributed by atoms with Crippen LogP contribution in [-0.2, 0) is 6.18 Å². The first-order valence-electron chi connectivity index (χ1n) is 11.7. The first-order valence-corrected chi connectivity index (χ1v) is 12.5. The molecule has 3 aromatic heterocycles. The van der Waals surface area contributed by atoms with Gasteiger partial charge in [0, 0.05) is 42.6 Å². The molecule has 1 unspecified atom stereocenters. The number of nitrogens with two attached hydrogens (primary N) is 1. The summed E-state index contributed by atoms with van der Waals surface area (Å²) in [6.45, 7) is 1.25. The van der Waals surface area contributed by atoms with Gasteiger partial charge in [-0.2, -0.15) is 13.2 Å². The van der Waals surface area contributed by atoms with Gasteiger partial charge >= 0.3 is 12.1 Å². The molecule has 0 aliphatic carbocycles. The third kappa shape index (κ3) is 5.04. The maximum atomic E-state index is 13.8. The number of alkyl halides is 3. The summed E-state index contributed by atoms with van der Waals surface area (Å²) in [5.41, 5.74) is 5.98. The van der Waals surface area contributed by atoms with Gasteiger partial charge in [0.1, 0.15) is 15.5 Å². The molecule has 194 valence electrons. The maximum absolute atomic E-state index is 13.8. The lowest BCUT2D eigenvalue weighted by atomic mass is 10.0. The van der Waals surface area contributed by atoms with Crippen LogP contribution in [0, 0.1) is 0 Å². The molecule has 4 aromatic rings. The topological polar surface area (TPSA) is 125 Å². The molecule has 0 bridgehead atoms. The van der Waals surface area contributed by atoms with Crippen molar-refractivity contribution in [2.24, 2.45) is 0 Å². The Balaban J connectivity index is 1.26. The summed E-state index contributed by atoms with van der Waals surface area (Å²) in [6.07, 6.45) is -2.43. The van der Waals surface area contributed by atoms with Gasteiger partial charge in [-0.1, -0.05) is 12.1 Å². The van der Waals surface area contributed by atoms with Crippen molar-refractivity contribution in [1.29, 1.82) is 0 Å². The Labute approximate surface area is 213 Å². The smallest absolute Gasteiger partial charge is 0.417 e. The number of aliphatic hydroxyl groups is 1. The number of thiophene rings is 1. The van der Waals surface area contributed by atoms with E-state index in [9.17, 15) is 28.2 Å². The SMILES string of the molecule is Nc1c(C(=O)O)sc2nc(N3CCC(NCC(O)c4ccc5ncccc5c4)CC3)cc(C(F)(F)F)c12. The van der Waals surface area contributed by atoms with Crippen LogP contribution in [0.15, 0.2) is 42.6 Å². The van der Waals surface area contributed by atoms with Crippen LogP contribution in [0.1, 0.15) is 39.7 Å². The second-order valence-electron chi connectivity index (χ2n) is 9.00. The number of aromatic carboxylic acids is 1. The van der Waals surface area contributed by atoms with Crippen molar-refractivity contribution >= 4 is 49.9 Å². The summed E-state index contributed by atoms with van der Waals surface area (Å²) in [4.78, 5) is 21.4. The number of halogens is 3. The standard InChI is InChI=1S/C25H24F3N5O3S/c26-25(27,28)16-11-19(32-23-20(16)21(29)22(37-23)24(35)36)33-8-5-15(6-9-33)31-12-18(34)14-3-4-17-13(10-14)2-1-7-30-17/h1-4,7,10-11,15,18,31,34H,5-6,8-9,12,29H2,(H,35,36). The number of rotatable bonds is 6. The van der Waals surface area contributed by atoms with Gasteiger partial charge in [-0.05, 0) is 42.7 Å². The Kier molecular flexibility index (Phi) is 6.65. The number of carboxylic acid groups (broad SMARTS) is 1. The van der Waals surface area contributed by atoms with Crippen molar-refractivity contribution in [3.8, 4) is 0 Å². The van der Waals surface area contributed by atoms with E-state index in [4.69, 9.17) is 5.73 Å². The highest BCUT2D eigenvalue weighted by atomic mass is 32.1. The number of carbonyl (C=O) groups is 1. The Morgan fingerprint density at radius 1 is 1.24 bits per heavy atom. The third-order valence-electron chi connectivity index (χ3n) is 6.62. The van der Waals surface area contributed by atoms with E-state index in [0.29, 0.717) is 43.8 Å². The van der Waals surface area contributed by atoms with Gasteiger partial charge in [0.15, 0.2) is 0 Å². The van der Waals surface area contributed by atoms with Gasteiger partial charge in [-0.15, -0.1) is 11.3 Å². The van der Waals surface area contributed by atoms with Crippen LogP contribution >= 0.6 is 11.3 Å². The summed E-state index contributed by atoms with van der Waals surface area (Å²) in [6, 6.07) is 10.4. The Bertz CT molecular complexity index is 1470. The van der Waals surface area contributed by atoms with E-state index in [1.807, 2.05) is 30.3 Å². The van der Waals surface area contributed by atoms with E-state index >= 15 is 0 Å². The number of aromatic nitrogens is 2. The highest BCUT2D eigenvalue weighted by Gasteiger charge is 2.37. The summed E-state index contributed by atoms with van der Waals surface area (Å²) in [5.74, 6) is -1.24. The molecule has 1 saturated heterocycles. The van der Waals surface area contributed by atoms with Crippen molar-refractivity contribution in [1.82, 2.24) is 15.3 Å². The summed E-state index contributed by atoms with van der Waals surface area (Å²) < 4.78 is 41.5. The zero-order chi connectivity index (χ0) is 26.3. The summed E-state index contributed by atoms with van der Waals surface area (Å²) in [7, 11) is 0. The fourth-order valence-corrected chi connectivity index (χ4v) is 5.62. The molecule has 12 heteroatoms. The lowest BCUT2D eigenvalue weighted by molar-refractivity contribution is -0.136. The monoisotopic (exact) mass is 531 g/mol. The zero-order valence-electron chi connectivity index (χ0n) is 19.5. The first-order chi connectivity index (χ1) is 17.6. The Morgan fingerprint density at radius 2 is 2.00 bits per heavy atom. The largest absolute Gasteiger partial charge is 0.477 e. The number of hydrogen-bond donors (Lipinski definition) is 4. The van der Waals surface area contributed by atoms with Gasteiger partial charge < -0.3 is 26.2 Å². The van der Waals surface area contributed by atoms with E-state index in [1.165, 1.54) is 0 Å². The molecule has 8 nitrogen and oxygen atoms in total. The molecule has 1 aliphatic heterocycles. The minimum Gasteiger partial charge on any atom is -0.477 e. The number of hydrogen-bond acceptors (Lipinski definition) is 8. The minimum atomic E-state index is -4.71. The van der Waals surface area contributed by atoms with Crippen molar-refractivity contribution < 1.29 is 28.2 Å². The Hall–Kier alpha value is -3.48. The van der Waals surface area contributed by atoms with Crippen LogP contribution in [0.4, 0.5) is 24.7 Å². The van der Waals surface area contributed by atoms with Crippen LogP contribution < -0.4 is 16.0 Å². The van der Waals surface area contributed by atoms with Crippen molar-refractivity contribution in [2.75, 3.05) is 30.3 Å². The number of fused-ring (bicyclic) bond motifs is 2. The summed E-state index contributed by atoms with van der Waals surface area (Å²) >= 11 is 0.644. The number of carboxylic acids is 1. The average Bonchev–Trinajstić information content (AvgIpc) is 3.22. The number of nitrogens with zero attached hydrogens (tertiary/aromatic N) is 3. The molecule has 0 saturated carbocycles. The van der Waals surface area contributed by atoms with Crippen molar-refractivity contribution in [3.05, 3.63) is 58.6 Å². The maximum Gasteiger partial charge on any atom is 0.417 e. The van der Waals surface area contributed by atoms with Gasteiger partial charge in [-0.3, -0.25) is 4.98 Å². The van der Waals surface area contributed by atoms with Crippen LogP contribution in [0.2, 0.25) is 0 Å². The molecule has 0 amide bonds. The van der Waals surface area contributed by atoms with Gasteiger partial charge in [-0.25, -0.2) is 9.78 Å². The van der Waals surface area contributed by atoms with Gasteiger partial charge in [0.05, 0.1) is 22.9 Å². The van der Waals surface area contributed by atoms with Crippen molar-refractivity contribution in [3.63, 3.8) is 0 Å². The van der Waals surface area contributed by atoms with E-state index in [0.717, 1.165) is 22.5 Å². The molecule has 0 radical (unpaired) electrons. The second kappa shape index (κ2) is 9.77. The molecule has 1 aliphatic rings. The highest BCUT2D eigenvalue weighted by Crippen LogP contribution is 2.43. The lowest BCUT2D eigenvalue weighted by Crippen LogP contribution is -2.44. The molecular weight excluding hydrogens is 507 g/mol. The number of pyridine rings is 2. The van der Waals surface area contributed by atoms with Crippen LogP contribution in [0.25, 0.3) is 21.1 Å². The molecule has 0 spiro atoms. The number of nitrogens with one attached hydrogen (secondary N) is 1. The third-order valence-corrected chi connectivity index (χ3v) is 7.70. The number of anilines is 2. The summed E-state index contributed by atoms with van der Waals surface area (Å²) in [5, 5.41) is 23.9. The Morgan fingerprint density at radius 3 is 2.70 bits per heavy atom.